The van der Waals surface area contributed by atoms with Crippen LogP contribution in [0.2, 0.25) is 0 Å². The van der Waals surface area contributed by atoms with Gasteiger partial charge in [0.25, 0.3) is 0 Å². The molecule has 0 spiro atoms. The smallest absolute Gasteiger partial charge is 0.147 e. The first kappa shape index (κ1) is 27.6. The van der Waals surface area contributed by atoms with Crippen molar-refractivity contribution in [2.45, 2.75) is 0 Å². The summed E-state index contributed by atoms with van der Waals surface area (Å²) in [6.45, 7) is 0. The Kier molecular flexibility index (Phi) is 11.8. The van der Waals surface area contributed by atoms with Crippen molar-refractivity contribution in [3.8, 4) is 33.4 Å². The molecule has 0 fully saturated rings. The first-order valence-electron chi connectivity index (χ1n) is 12.0. The van der Waals surface area contributed by atoms with Crippen molar-refractivity contribution in [1.82, 2.24) is 0 Å². The van der Waals surface area contributed by atoms with E-state index in [2.05, 4.69) is 72.8 Å². The molecule has 0 nitrogen and oxygen atoms in total. The maximum absolute atomic E-state index is 3.18. The maximum atomic E-state index is 3.18. The predicted octanol–water partition coefficient (Wildman–Crippen LogP) is 9.46. The molecule has 37 heavy (non-hydrogen) atoms. The summed E-state index contributed by atoms with van der Waals surface area (Å²) in [5.41, 5.74) is 7.11. The van der Waals surface area contributed by atoms with Crippen molar-refractivity contribution < 1.29 is 20.1 Å². The zero-order chi connectivity index (χ0) is 24.7. The minimum Gasteiger partial charge on any atom is -0.147 e. The van der Waals surface area contributed by atoms with Gasteiger partial charge >= 0.3 is 20.1 Å². The second-order valence-electron chi connectivity index (χ2n) is 7.93. The molecule has 0 heterocycles. The third-order valence-corrected chi connectivity index (χ3v) is 5.38. The number of hydrogen-bond acceptors (Lipinski definition) is 0. The van der Waals surface area contributed by atoms with Crippen LogP contribution in [-0.4, -0.2) is 0 Å². The van der Waals surface area contributed by atoms with E-state index in [-0.39, 0.29) is 20.1 Å². The summed E-state index contributed by atoms with van der Waals surface area (Å²) in [7, 11) is 0. The van der Waals surface area contributed by atoms with Crippen LogP contribution in [0, 0.1) is 18.2 Å². The van der Waals surface area contributed by atoms with Crippen LogP contribution in [0.5, 0.6) is 0 Å². The van der Waals surface area contributed by atoms with Gasteiger partial charge in [-0.25, -0.2) is 0 Å². The first-order chi connectivity index (χ1) is 17.9. The van der Waals surface area contributed by atoms with Crippen LogP contribution in [0.15, 0.2) is 164 Å². The fourth-order valence-corrected chi connectivity index (χ4v) is 3.57. The summed E-state index contributed by atoms with van der Waals surface area (Å²) in [6, 6.07) is 64.4. The predicted molar refractivity (Wildman–Crippen MR) is 152 cm³/mol. The Morgan fingerprint density at radius 2 is 0.514 bits per heavy atom. The maximum Gasteiger partial charge on any atom is 3.00 e. The first-order valence-corrected chi connectivity index (χ1v) is 12.0. The van der Waals surface area contributed by atoms with Gasteiger partial charge in [0.1, 0.15) is 0 Å². The average Bonchev–Trinajstić information content (AvgIpc) is 3.01. The summed E-state index contributed by atoms with van der Waals surface area (Å²) in [4.78, 5) is 0. The molecular formula is C36H27Ir. The van der Waals surface area contributed by atoms with Crippen molar-refractivity contribution in [2.75, 3.05) is 0 Å². The Balaban J connectivity index is 0.000000152. The molecule has 0 saturated heterocycles. The van der Waals surface area contributed by atoms with E-state index in [9.17, 15) is 0 Å². The molecule has 6 aromatic rings. The molecule has 0 aromatic heterocycles. The van der Waals surface area contributed by atoms with E-state index in [0.29, 0.717) is 0 Å². The molecule has 0 aliphatic carbocycles. The van der Waals surface area contributed by atoms with Gasteiger partial charge in [0.05, 0.1) is 0 Å². The molecule has 0 unspecified atom stereocenters. The zero-order valence-electron chi connectivity index (χ0n) is 20.4. The standard InChI is InChI=1S/3C12H9.Ir/c3*1-3-7-11(8-4-1)12-9-5-2-6-10-12;/h3*1-9H;/q3*-1;+3. The van der Waals surface area contributed by atoms with Gasteiger partial charge < -0.3 is 0 Å². The molecule has 0 bridgehead atoms. The molecule has 1 heteroatoms. The normalized spacial score (nSPS) is 9.41. The quantitative estimate of drug-likeness (QED) is 0.167. The molecule has 6 rings (SSSR count). The zero-order valence-corrected chi connectivity index (χ0v) is 22.8. The van der Waals surface area contributed by atoms with Crippen molar-refractivity contribution in [3.63, 3.8) is 0 Å². The third-order valence-electron chi connectivity index (χ3n) is 5.38. The van der Waals surface area contributed by atoms with Crippen LogP contribution in [0.25, 0.3) is 33.4 Å². The van der Waals surface area contributed by atoms with Crippen LogP contribution >= 0.6 is 0 Å². The van der Waals surface area contributed by atoms with E-state index in [1.165, 1.54) is 16.7 Å². The molecular weight excluding hydrogens is 625 g/mol. The second-order valence-corrected chi connectivity index (χ2v) is 7.93. The van der Waals surface area contributed by atoms with Gasteiger partial charge in [0.2, 0.25) is 0 Å². The minimum absolute atomic E-state index is 0. The van der Waals surface area contributed by atoms with Gasteiger partial charge in [0.15, 0.2) is 0 Å². The molecule has 0 N–H and O–H groups in total. The molecule has 0 radical (unpaired) electrons. The van der Waals surface area contributed by atoms with Crippen LogP contribution in [-0.2, 0) is 20.1 Å². The molecule has 0 aliphatic rings. The molecule has 0 amide bonds. The number of benzene rings is 6. The second kappa shape index (κ2) is 15.9. The van der Waals surface area contributed by atoms with E-state index in [1.807, 2.05) is 109 Å². The minimum atomic E-state index is 0. The Hall–Kier alpha value is -4.03. The summed E-state index contributed by atoms with van der Waals surface area (Å²) in [6.07, 6.45) is 0. The van der Waals surface area contributed by atoms with Crippen molar-refractivity contribution in [3.05, 3.63) is 182 Å². The number of rotatable bonds is 3. The van der Waals surface area contributed by atoms with Crippen LogP contribution in [0.1, 0.15) is 0 Å². The van der Waals surface area contributed by atoms with E-state index in [4.69, 9.17) is 0 Å². The fraction of sp³-hybridized carbons (Fsp3) is 0. The summed E-state index contributed by atoms with van der Waals surface area (Å²) < 4.78 is 0. The van der Waals surface area contributed by atoms with E-state index in [1.54, 1.807) is 0 Å². The van der Waals surface area contributed by atoms with Crippen molar-refractivity contribution >= 4 is 0 Å². The van der Waals surface area contributed by atoms with Gasteiger partial charge in [0, 0.05) is 0 Å². The van der Waals surface area contributed by atoms with Crippen LogP contribution in [0.3, 0.4) is 0 Å². The molecule has 0 saturated carbocycles. The summed E-state index contributed by atoms with van der Waals surface area (Å²) in [5, 5.41) is 0. The van der Waals surface area contributed by atoms with Crippen LogP contribution < -0.4 is 0 Å². The van der Waals surface area contributed by atoms with Crippen molar-refractivity contribution in [2.24, 2.45) is 0 Å². The fourth-order valence-electron chi connectivity index (χ4n) is 3.57. The van der Waals surface area contributed by atoms with Gasteiger partial charge in [-0.2, -0.15) is 0 Å². The molecule has 0 aliphatic heterocycles. The van der Waals surface area contributed by atoms with Gasteiger partial charge in [-0.05, 0) is 0 Å². The topological polar surface area (TPSA) is 0 Å². The average molecular weight is 652 g/mol. The Labute approximate surface area is 234 Å². The van der Waals surface area contributed by atoms with E-state index >= 15 is 0 Å². The Bertz CT molecular complexity index is 1080. The largest absolute Gasteiger partial charge is 3.00 e. The van der Waals surface area contributed by atoms with Crippen molar-refractivity contribution in [1.29, 1.82) is 0 Å². The SMILES string of the molecule is [Ir+3].[c-]1ccccc1-c1ccccc1.[c-]1ccccc1-c1ccccc1.[c-]1ccccc1-c1ccccc1. The Morgan fingerprint density at radius 3 is 0.730 bits per heavy atom. The molecule has 180 valence electrons. The van der Waals surface area contributed by atoms with Gasteiger partial charge in [-0.15, -0.1) is 108 Å². The molecule has 0 atom stereocenters. The monoisotopic (exact) mass is 652 g/mol. The number of hydrogen-bond donors (Lipinski definition) is 0. The third kappa shape index (κ3) is 9.17. The van der Waals surface area contributed by atoms with E-state index in [0.717, 1.165) is 16.7 Å². The van der Waals surface area contributed by atoms with Gasteiger partial charge in [-0.1, -0.05) is 108 Å². The Morgan fingerprint density at radius 1 is 0.270 bits per heavy atom. The summed E-state index contributed by atoms with van der Waals surface area (Å²) >= 11 is 0. The summed E-state index contributed by atoms with van der Waals surface area (Å²) in [5.74, 6) is 0. The molecule has 6 aromatic carbocycles. The van der Waals surface area contributed by atoms with Gasteiger partial charge in [-0.3, -0.25) is 0 Å². The van der Waals surface area contributed by atoms with E-state index < -0.39 is 0 Å². The van der Waals surface area contributed by atoms with Crippen LogP contribution in [0.4, 0.5) is 0 Å².